The second-order valence-corrected chi connectivity index (χ2v) is 5.25. The van der Waals surface area contributed by atoms with Gasteiger partial charge >= 0.3 is 0 Å². The number of hydrogen-bond acceptors (Lipinski definition) is 1. The summed E-state index contributed by atoms with van der Waals surface area (Å²) in [4.78, 5) is 12.1. The van der Waals surface area contributed by atoms with Crippen LogP contribution in [0.2, 0.25) is 5.02 Å². The topological polar surface area (TPSA) is 29.1 Å². The molecule has 0 spiro atoms. The molecule has 0 aliphatic rings. The van der Waals surface area contributed by atoms with Crippen molar-refractivity contribution >= 4 is 39.1 Å². The fourth-order valence-electron chi connectivity index (χ4n) is 1.60. The van der Waals surface area contributed by atoms with Crippen molar-refractivity contribution in [3.63, 3.8) is 0 Å². The number of rotatable bonds is 2. The summed E-state index contributed by atoms with van der Waals surface area (Å²) in [6.45, 7) is 1.64. The first kappa shape index (κ1) is 14.0. The van der Waals surface area contributed by atoms with Gasteiger partial charge in [0.1, 0.15) is 5.82 Å². The summed E-state index contributed by atoms with van der Waals surface area (Å²) >= 11 is 9.30. The molecule has 19 heavy (non-hydrogen) atoms. The van der Waals surface area contributed by atoms with E-state index in [2.05, 4.69) is 21.2 Å². The summed E-state index contributed by atoms with van der Waals surface area (Å²) in [5.74, 6) is -0.643. The van der Waals surface area contributed by atoms with E-state index in [4.69, 9.17) is 11.6 Å². The third-order valence-electron chi connectivity index (χ3n) is 2.61. The molecule has 0 aromatic heterocycles. The number of halogens is 3. The molecule has 2 rings (SSSR count). The SMILES string of the molecule is Cc1cc(NC(=O)c2cccc(Br)c2Cl)ccc1F. The molecule has 0 bridgehead atoms. The quantitative estimate of drug-likeness (QED) is 0.834. The Labute approximate surface area is 123 Å². The first-order valence-electron chi connectivity index (χ1n) is 5.50. The van der Waals surface area contributed by atoms with Gasteiger partial charge in [-0.25, -0.2) is 4.39 Å². The molecule has 0 aliphatic heterocycles. The summed E-state index contributed by atoms with van der Waals surface area (Å²) in [7, 11) is 0. The van der Waals surface area contributed by atoms with Crippen LogP contribution >= 0.6 is 27.5 Å². The zero-order chi connectivity index (χ0) is 14.0. The first-order valence-corrected chi connectivity index (χ1v) is 6.67. The molecule has 98 valence electrons. The molecule has 0 heterocycles. The van der Waals surface area contributed by atoms with Gasteiger partial charge in [0.05, 0.1) is 10.6 Å². The lowest BCUT2D eigenvalue weighted by Crippen LogP contribution is -2.12. The highest BCUT2D eigenvalue weighted by Crippen LogP contribution is 2.26. The number of anilines is 1. The third kappa shape index (κ3) is 3.14. The number of carbonyl (C=O) groups excluding carboxylic acids is 1. The van der Waals surface area contributed by atoms with Crippen molar-refractivity contribution in [2.75, 3.05) is 5.32 Å². The van der Waals surface area contributed by atoms with Crippen molar-refractivity contribution in [3.8, 4) is 0 Å². The lowest BCUT2D eigenvalue weighted by atomic mass is 10.2. The van der Waals surface area contributed by atoms with Crippen molar-refractivity contribution in [3.05, 3.63) is 62.8 Å². The van der Waals surface area contributed by atoms with E-state index < -0.39 is 0 Å². The molecule has 2 nitrogen and oxygen atoms in total. The van der Waals surface area contributed by atoms with E-state index in [1.165, 1.54) is 12.1 Å². The molecule has 1 N–H and O–H groups in total. The number of nitrogens with one attached hydrogen (secondary N) is 1. The minimum absolute atomic E-state index is 0.307. The molecule has 0 aliphatic carbocycles. The maximum Gasteiger partial charge on any atom is 0.257 e. The number of amides is 1. The summed E-state index contributed by atoms with van der Waals surface area (Å²) in [6.07, 6.45) is 0. The van der Waals surface area contributed by atoms with Crippen LogP contribution < -0.4 is 5.32 Å². The summed E-state index contributed by atoms with van der Waals surface area (Å²) < 4.78 is 13.8. The molecule has 0 fully saturated rings. The fourth-order valence-corrected chi connectivity index (χ4v) is 2.18. The van der Waals surface area contributed by atoms with E-state index in [1.54, 1.807) is 31.2 Å². The van der Waals surface area contributed by atoms with Gasteiger partial charge in [0, 0.05) is 10.2 Å². The minimum Gasteiger partial charge on any atom is -0.322 e. The van der Waals surface area contributed by atoms with Crippen LogP contribution in [-0.4, -0.2) is 5.91 Å². The Morgan fingerprint density at radius 3 is 2.74 bits per heavy atom. The summed E-state index contributed by atoms with van der Waals surface area (Å²) in [5, 5.41) is 3.03. The van der Waals surface area contributed by atoms with Gasteiger partial charge < -0.3 is 5.32 Å². The van der Waals surface area contributed by atoms with Crippen molar-refractivity contribution in [2.24, 2.45) is 0 Å². The zero-order valence-electron chi connectivity index (χ0n) is 10.0. The van der Waals surface area contributed by atoms with Crippen LogP contribution in [0, 0.1) is 12.7 Å². The Morgan fingerprint density at radius 2 is 2.05 bits per heavy atom. The van der Waals surface area contributed by atoms with E-state index in [0.29, 0.717) is 26.3 Å². The van der Waals surface area contributed by atoms with Gasteiger partial charge in [-0.05, 0) is 58.7 Å². The Morgan fingerprint density at radius 1 is 1.32 bits per heavy atom. The van der Waals surface area contributed by atoms with Gasteiger partial charge in [-0.2, -0.15) is 0 Å². The van der Waals surface area contributed by atoms with Gasteiger partial charge in [0.2, 0.25) is 0 Å². The van der Waals surface area contributed by atoms with Gasteiger partial charge in [-0.1, -0.05) is 17.7 Å². The highest BCUT2D eigenvalue weighted by atomic mass is 79.9. The fraction of sp³-hybridized carbons (Fsp3) is 0.0714. The molecule has 2 aromatic rings. The van der Waals surface area contributed by atoms with Crippen molar-refractivity contribution in [2.45, 2.75) is 6.92 Å². The predicted octanol–water partition coefficient (Wildman–Crippen LogP) is 4.80. The van der Waals surface area contributed by atoms with E-state index in [-0.39, 0.29) is 11.7 Å². The lowest BCUT2D eigenvalue weighted by Gasteiger charge is -2.08. The van der Waals surface area contributed by atoms with Crippen LogP contribution in [0.4, 0.5) is 10.1 Å². The maximum absolute atomic E-state index is 13.1. The Bertz CT molecular complexity index is 645. The average molecular weight is 343 g/mol. The van der Waals surface area contributed by atoms with Gasteiger partial charge in [0.15, 0.2) is 0 Å². The van der Waals surface area contributed by atoms with Crippen LogP contribution in [0.25, 0.3) is 0 Å². The molecule has 0 saturated carbocycles. The van der Waals surface area contributed by atoms with Crippen LogP contribution in [0.3, 0.4) is 0 Å². The zero-order valence-corrected chi connectivity index (χ0v) is 12.3. The predicted molar refractivity (Wildman–Crippen MR) is 78.2 cm³/mol. The second kappa shape index (κ2) is 5.72. The van der Waals surface area contributed by atoms with E-state index in [9.17, 15) is 9.18 Å². The highest BCUT2D eigenvalue weighted by Gasteiger charge is 2.12. The molecular formula is C14H10BrClFNO. The largest absolute Gasteiger partial charge is 0.322 e. The standard InChI is InChI=1S/C14H10BrClFNO/c1-8-7-9(5-6-12(8)17)18-14(19)10-3-2-4-11(15)13(10)16/h2-7H,1H3,(H,18,19). The van der Waals surface area contributed by atoms with Crippen molar-refractivity contribution in [1.82, 2.24) is 0 Å². The monoisotopic (exact) mass is 341 g/mol. The Balaban J connectivity index is 2.26. The smallest absolute Gasteiger partial charge is 0.257 e. The van der Waals surface area contributed by atoms with Crippen LogP contribution in [0.5, 0.6) is 0 Å². The molecule has 0 radical (unpaired) electrons. The summed E-state index contributed by atoms with van der Waals surface area (Å²) in [6, 6.07) is 9.49. The molecule has 0 atom stereocenters. The van der Waals surface area contributed by atoms with E-state index in [1.807, 2.05) is 0 Å². The first-order chi connectivity index (χ1) is 8.99. The number of carbonyl (C=O) groups is 1. The molecule has 5 heteroatoms. The normalized spacial score (nSPS) is 10.3. The number of aryl methyl sites for hydroxylation is 1. The van der Waals surface area contributed by atoms with Crippen LogP contribution in [0.15, 0.2) is 40.9 Å². The molecule has 0 unspecified atom stereocenters. The highest BCUT2D eigenvalue weighted by molar-refractivity contribution is 9.10. The molecule has 2 aromatic carbocycles. The molecular weight excluding hydrogens is 333 g/mol. The molecule has 1 amide bonds. The minimum atomic E-state index is -0.336. The lowest BCUT2D eigenvalue weighted by molar-refractivity contribution is 0.102. The summed E-state index contributed by atoms with van der Waals surface area (Å²) in [5.41, 5.74) is 1.36. The van der Waals surface area contributed by atoms with E-state index in [0.717, 1.165) is 0 Å². The third-order valence-corrected chi connectivity index (χ3v) is 3.91. The number of hydrogen-bond donors (Lipinski definition) is 1. The van der Waals surface area contributed by atoms with Gasteiger partial charge in [0.25, 0.3) is 5.91 Å². The maximum atomic E-state index is 13.1. The van der Waals surface area contributed by atoms with Crippen molar-refractivity contribution < 1.29 is 9.18 Å². The molecule has 0 saturated heterocycles. The van der Waals surface area contributed by atoms with E-state index >= 15 is 0 Å². The van der Waals surface area contributed by atoms with Crippen LogP contribution in [0.1, 0.15) is 15.9 Å². The van der Waals surface area contributed by atoms with Crippen molar-refractivity contribution in [1.29, 1.82) is 0 Å². The van der Waals surface area contributed by atoms with Gasteiger partial charge in [-0.3, -0.25) is 4.79 Å². The second-order valence-electron chi connectivity index (χ2n) is 4.02. The number of benzene rings is 2. The Kier molecular flexibility index (Phi) is 4.22. The van der Waals surface area contributed by atoms with Gasteiger partial charge in [-0.15, -0.1) is 0 Å². The average Bonchev–Trinajstić information content (AvgIpc) is 2.37. The van der Waals surface area contributed by atoms with Crippen LogP contribution in [-0.2, 0) is 0 Å². The Hall–Kier alpha value is -1.39.